The Hall–Kier alpha value is -2.04. The van der Waals surface area contributed by atoms with Crippen molar-refractivity contribution < 1.29 is 9.47 Å². The fourth-order valence-corrected chi connectivity index (χ4v) is 5.29. The van der Waals surface area contributed by atoms with Crippen molar-refractivity contribution in [2.24, 2.45) is 0 Å². The summed E-state index contributed by atoms with van der Waals surface area (Å²) in [4.78, 5) is 5.10. The summed E-state index contributed by atoms with van der Waals surface area (Å²) in [6, 6.07) is 13.2. The molecule has 1 aliphatic carbocycles. The van der Waals surface area contributed by atoms with Gasteiger partial charge in [0.05, 0.1) is 13.2 Å². The normalized spacial score (nSPS) is 18.3. The minimum absolute atomic E-state index is 0.798. The molecule has 4 heteroatoms. The molecule has 2 aromatic rings. The molecular formula is C27H36N2O2. The predicted octanol–water partition coefficient (Wildman–Crippen LogP) is 4.99. The first-order chi connectivity index (χ1) is 15.3. The first kappa shape index (κ1) is 20.8. The summed E-state index contributed by atoms with van der Waals surface area (Å²) in [6.45, 7) is 8.98. The van der Waals surface area contributed by atoms with Crippen molar-refractivity contribution in [1.29, 1.82) is 0 Å². The zero-order chi connectivity index (χ0) is 20.9. The van der Waals surface area contributed by atoms with Crippen molar-refractivity contribution in [3.8, 4) is 22.6 Å². The van der Waals surface area contributed by atoms with Gasteiger partial charge in [-0.3, -0.25) is 0 Å². The molecule has 0 aromatic heterocycles. The van der Waals surface area contributed by atoms with Gasteiger partial charge in [-0.1, -0.05) is 12.1 Å². The number of ether oxygens (including phenoxy) is 2. The van der Waals surface area contributed by atoms with Gasteiger partial charge in [-0.05, 0) is 118 Å². The molecule has 5 rings (SSSR count). The molecule has 31 heavy (non-hydrogen) atoms. The lowest BCUT2D eigenvalue weighted by molar-refractivity contribution is 0.263. The van der Waals surface area contributed by atoms with Gasteiger partial charge in [0.15, 0.2) is 0 Å². The van der Waals surface area contributed by atoms with Crippen LogP contribution in [0, 0.1) is 0 Å². The van der Waals surface area contributed by atoms with Crippen LogP contribution >= 0.6 is 0 Å². The SMILES string of the molecule is c1cc2c(cc1OCCCN1CCCC1)Cc1ccc(OCCCN3CCCC3)cc1-2. The number of hydrogen-bond donors (Lipinski definition) is 0. The van der Waals surface area contributed by atoms with Crippen molar-refractivity contribution in [2.75, 3.05) is 52.5 Å². The summed E-state index contributed by atoms with van der Waals surface area (Å²) in [7, 11) is 0. The van der Waals surface area contributed by atoms with Crippen molar-refractivity contribution in [2.45, 2.75) is 44.9 Å². The lowest BCUT2D eigenvalue weighted by Gasteiger charge is -2.15. The van der Waals surface area contributed by atoms with Crippen LogP contribution in [0.3, 0.4) is 0 Å². The molecular weight excluding hydrogens is 384 g/mol. The molecule has 0 radical (unpaired) electrons. The summed E-state index contributed by atoms with van der Waals surface area (Å²) in [5.74, 6) is 2.00. The molecule has 2 aliphatic heterocycles. The van der Waals surface area contributed by atoms with Crippen LogP contribution in [-0.4, -0.2) is 62.3 Å². The summed E-state index contributed by atoms with van der Waals surface area (Å²) in [5.41, 5.74) is 5.43. The van der Waals surface area contributed by atoms with E-state index in [2.05, 4.69) is 46.2 Å². The second kappa shape index (κ2) is 10.1. The van der Waals surface area contributed by atoms with E-state index in [0.717, 1.165) is 57.1 Å². The highest BCUT2D eigenvalue weighted by atomic mass is 16.5. The van der Waals surface area contributed by atoms with Gasteiger partial charge in [-0.15, -0.1) is 0 Å². The summed E-state index contributed by atoms with van der Waals surface area (Å²) in [6.07, 6.45) is 8.63. The molecule has 2 heterocycles. The van der Waals surface area contributed by atoms with Crippen LogP contribution in [-0.2, 0) is 6.42 Å². The third-order valence-corrected chi connectivity index (χ3v) is 7.00. The van der Waals surface area contributed by atoms with E-state index in [1.807, 2.05) is 0 Å². The van der Waals surface area contributed by atoms with Gasteiger partial charge >= 0.3 is 0 Å². The van der Waals surface area contributed by atoms with Gasteiger partial charge in [0.1, 0.15) is 11.5 Å². The zero-order valence-corrected chi connectivity index (χ0v) is 18.8. The highest BCUT2D eigenvalue weighted by molar-refractivity contribution is 5.78. The van der Waals surface area contributed by atoms with E-state index in [-0.39, 0.29) is 0 Å². The van der Waals surface area contributed by atoms with E-state index >= 15 is 0 Å². The van der Waals surface area contributed by atoms with Gasteiger partial charge in [0.2, 0.25) is 0 Å². The van der Waals surface area contributed by atoms with Crippen LogP contribution in [0.2, 0.25) is 0 Å². The Bertz CT molecular complexity index is 870. The maximum atomic E-state index is 6.08. The fourth-order valence-electron chi connectivity index (χ4n) is 5.29. The summed E-state index contributed by atoms with van der Waals surface area (Å²) < 4.78 is 12.1. The van der Waals surface area contributed by atoms with Crippen molar-refractivity contribution in [1.82, 2.24) is 9.80 Å². The molecule has 2 fully saturated rings. The fraction of sp³-hybridized carbons (Fsp3) is 0.556. The number of nitrogens with zero attached hydrogens (tertiary/aromatic N) is 2. The lowest BCUT2D eigenvalue weighted by atomic mass is 10.1. The summed E-state index contributed by atoms with van der Waals surface area (Å²) in [5, 5.41) is 0. The molecule has 0 N–H and O–H groups in total. The molecule has 2 aromatic carbocycles. The topological polar surface area (TPSA) is 24.9 Å². The van der Waals surface area contributed by atoms with E-state index in [1.54, 1.807) is 0 Å². The Labute approximate surface area is 187 Å². The molecule has 2 saturated heterocycles. The second-order valence-corrected chi connectivity index (χ2v) is 9.32. The Kier molecular flexibility index (Phi) is 6.76. The molecule has 0 saturated carbocycles. The molecule has 4 nitrogen and oxygen atoms in total. The Balaban J connectivity index is 1.12. The van der Waals surface area contributed by atoms with Gasteiger partial charge in [-0.25, -0.2) is 0 Å². The number of benzene rings is 2. The monoisotopic (exact) mass is 420 g/mol. The van der Waals surface area contributed by atoms with Crippen molar-refractivity contribution >= 4 is 0 Å². The minimum Gasteiger partial charge on any atom is -0.494 e. The standard InChI is InChI=1S/C27H36N2O2/c1-2-12-28(11-1)15-5-17-30-24-9-10-26-23(20-24)19-22-7-8-25(21-27(22)26)31-18-6-16-29-13-3-4-14-29/h7-10,20-21H,1-6,11-19H2. The quantitative estimate of drug-likeness (QED) is 0.432. The van der Waals surface area contributed by atoms with Crippen LogP contribution < -0.4 is 9.47 Å². The Morgan fingerprint density at radius 2 is 1.19 bits per heavy atom. The first-order valence-corrected chi connectivity index (χ1v) is 12.3. The highest BCUT2D eigenvalue weighted by Crippen LogP contribution is 2.40. The largest absolute Gasteiger partial charge is 0.494 e. The van der Waals surface area contributed by atoms with Crippen LogP contribution in [0.5, 0.6) is 11.5 Å². The van der Waals surface area contributed by atoms with E-state index in [0.29, 0.717) is 0 Å². The average Bonchev–Trinajstić information content (AvgIpc) is 3.55. The van der Waals surface area contributed by atoms with Crippen LogP contribution in [0.4, 0.5) is 0 Å². The first-order valence-electron chi connectivity index (χ1n) is 12.3. The molecule has 0 spiro atoms. The van der Waals surface area contributed by atoms with E-state index in [1.165, 1.54) is 74.1 Å². The van der Waals surface area contributed by atoms with Crippen molar-refractivity contribution in [3.05, 3.63) is 47.5 Å². The van der Waals surface area contributed by atoms with E-state index in [4.69, 9.17) is 9.47 Å². The highest BCUT2D eigenvalue weighted by Gasteiger charge is 2.20. The number of rotatable bonds is 10. The van der Waals surface area contributed by atoms with Crippen molar-refractivity contribution in [3.63, 3.8) is 0 Å². The number of hydrogen-bond acceptors (Lipinski definition) is 4. The molecule has 0 unspecified atom stereocenters. The van der Waals surface area contributed by atoms with Crippen LogP contribution in [0.25, 0.3) is 11.1 Å². The van der Waals surface area contributed by atoms with Gasteiger partial charge in [0.25, 0.3) is 0 Å². The van der Waals surface area contributed by atoms with Crippen LogP contribution in [0.1, 0.15) is 49.7 Å². The molecule has 0 bridgehead atoms. The van der Waals surface area contributed by atoms with E-state index < -0.39 is 0 Å². The number of fused-ring (bicyclic) bond motifs is 3. The predicted molar refractivity (Wildman–Crippen MR) is 126 cm³/mol. The molecule has 0 atom stereocenters. The third-order valence-electron chi connectivity index (χ3n) is 7.00. The third kappa shape index (κ3) is 5.24. The Morgan fingerprint density at radius 1 is 0.613 bits per heavy atom. The minimum atomic E-state index is 0.798. The molecule has 0 amide bonds. The molecule has 3 aliphatic rings. The van der Waals surface area contributed by atoms with Gasteiger partial charge < -0.3 is 19.3 Å². The summed E-state index contributed by atoms with van der Waals surface area (Å²) >= 11 is 0. The maximum absolute atomic E-state index is 6.08. The van der Waals surface area contributed by atoms with E-state index in [9.17, 15) is 0 Å². The van der Waals surface area contributed by atoms with Gasteiger partial charge in [0, 0.05) is 13.1 Å². The maximum Gasteiger partial charge on any atom is 0.119 e. The average molecular weight is 421 g/mol. The Morgan fingerprint density at radius 3 is 1.84 bits per heavy atom. The zero-order valence-electron chi connectivity index (χ0n) is 18.8. The second-order valence-electron chi connectivity index (χ2n) is 9.32. The number of likely N-dealkylation sites (tertiary alicyclic amines) is 2. The lowest BCUT2D eigenvalue weighted by Crippen LogP contribution is -2.21. The molecule has 166 valence electrons. The van der Waals surface area contributed by atoms with Gasteiger partial charge in [-0.2, -0.15) is 0 Å². The van der Waals surface area contributed by atoms with Crippen LogP contribution in [0.15, 0.2) is 36.4 Å². The smallest absolute Gasteiger partial charge is 0.119 e.